The average Bonchev–Trinajstić information content (AvgIpc) is 3.54. The van der Waals surface area contributed by atoms with Gasteiger partial charge in [-0.3, -0.25) is 4.21 Å². The molecule has 1 saturated heterocycles. The van der Waals surface area contributed by atoms with Crippen LogP contribution in [0.2, 0.25) is 0 Å². The number of hydrogen-bond acceptors (Lipinski definition) is 6. The number of benzene rings is 1. The van der Waals surface area contributed by atoms with Gasteiger partial charge in [0.05, 0.1) is 12.7 Å². The van der Waals surface area contributed by atoms with E-state index >= 15 is 0 Å². The highest BCUT2D eigenvalue weighted by atomic mass is 32.2. The maximum atomic E-state index is 12.1. The highest BCUT2D eigenvalue weighted by Gasteiger charge is 2.69. The number of methoxy groups -OCH3 is 1. The Kier molecular flexibility index (Phi) is 12.8. The maximum absolute atomic E-state index is 12.1. The summed E-state index contributed by atoms with van der Waals surface area (Å²) in [4.78, 5) is 14.6. The number of nitrogens with one attached hydrogen (secondary N) is 1. The van der Waals surface area contributed by atoms with Crippen molar-refractivity contribution in [3.63, 3.8) is 0 Å². The lowest BCUT2D eigenvalue weighted by Crippen LogP contribution is -2.67. The van der Waals surface area contributed by atoms with Gasteiger partial charge in [0.25, 0.3) is 0 Å². The van der Waals surface area contributed by atoms with Crippen LogP contribution in [0.3, 0.4) is 0 Å². The van der Waals surface area contributed by atoms with Gasteiger partial charge in [-0.1, -0.05) is 73.1 Å². The van der Waals surface area contributed by atoms with Gasteiger partial charge in [-0.25, -0.2) is 4.79 Å². The molecule has 1 heterocycles. The second-order valence-electron chi connectivity index (χ2n) is 17.9. The predicted molar refractivity (Wildman–Crippen MR) is 213 cm³/mol. The van der Waals surface area contributed by atoms with Crippen molar-refractivity contribution < 1.29 is 18.8 Å². The fraction of sp³-hybridized carbons (Fsp3) is 0.795. The molecule has 1 aliphatic heterocycles. The second-order valence-corrected chi connectivity index (χ2v) is 19.6. The Hall–Kier alpha value is -1.54. The lowest BCUT2D eigenvalue weighted by atomic mass is 9.33. The Labute approximate surface area is 313 Å². The van der Waals surface area contributed by atoms with Gasteiger partial charge in [0.1, 0.15) is 0 Å². The first kappa shape index (κ1) is 40.6. The van der Waals surface area contributed by atoms with Gasteiger partial charge >= 0.3 is 5.97 Å². The molecule has 2 N–H and O–H groups in total. The molecule has 8 atom stereocenters. The predicted octanol–water partition coefficient (Wildman–Crippen LogP) is 8.75. The molecule has 5 aliphatic carbocycles. The molecule has 0 amide bonds. The van der Waals surface area contributed by atoms with Crippen molar-refractivity contribution in [2.24, 2.45) is 45.3 Å². The van der Waals surface area contributed by atoms with Crippen molar-refractivity contribution in [3.8, 4) is 0 Å². The second kappa shape index (κ2) is 16.1. The summed E-state index contributed by atoms with van der Waals surface area (Å²) < 4.78 is 16.8. The number of fused-ring (bicyclic) bond motifs is 7. The van der Waals surface area contributed by atoms with Crippen LogP contribution in [0, 0.1) is 45.3 Å². The molecule has 6 unspecified atom stereocenters. The zero-order chi connectivity index (χ0) is 37.2. The monoisotopic (exact) mass is 725 g/mol. The van der Waals surface area contributed by atoms with Crippen LogP contribution in [0.5, 0.6) is 0 Å². The molecule has 1 aromatic rings. The van der Waals surface area contributed by atoms with Crippen LogP contribution in [-0.4, -0.2) is 77.1 Å². The minimum atomic E-state index is -0.596. The zero-order valence-electron chi connectivity index (χ0n) is 33.7. The third kappa shape index (κ3) is 7.09. The summed E-state index contributed by atoms with van der Waals surface area (Å²) in [6.45, 7) is 23.3. The van der Waals surface area contributed by atoms with Gasteiger partial charge in [-0.05, 0) is 133 Å². The molecular weight excluding hydrogens is 653 g/mol. The van der Waals surface area contributed by atoms with E-state index in [-0.39, 0.29) is 18.0 Å². The van der Waals surface area contributed by atoms with Crippen LogP contribution in [0.1, 0.15) is 136 Å². The molecule has 1 aromatic carbocycles. The number of carbonyl (C=O) groups is 1. The zero-order valence-corrected chi connectivity index (χ0v) is 34.6. The normalized spacial score (nSPS) is 38.6. The number of ether oxygens (including phenoxy) is 1. The summed E-state index contributed by atoms with van der Waals surface area (Å²) in [5.41, 5.74) is 4.85. The van der Waals surface area contributed by atoms with Crippen LogP contribution in [0.4, 0.5) is 0 Å². The molecule has 51 heavy (non-hydrogen) atoms. The summed E-state index contributed by atoms with van der Waals surface area (Å²) >= 11 is 0. The van der Waals surface area contributed by atoms with E-state index in [1.54, 1.807) is 6.92 Å². The van der Waals surface area contributed by atoms with Gasteiger partial charge in [-0.15, -0.1) is 0 Å². The number of carbonyl (C=O) groups excluding carboxylic acids is 1. The maximum Gasteiger partial charge on any atom is 0.337 e. The van der Waals surface area contributed by atoms with Crippen LogP contribution in [0.15, 0.2) is 30.3 Å². The number of hydrogen-bond donors (Lipinski definition) is 2. The molecule has 4 saturated carbocycles. The van der Waals surface area contributed by atoms with E-state index in [1.165, 1.54) is 76.0 Å². The van der Waals surface area contributed by atoms with E-state index < -0.39 is 10.8 Å². The van der Waals surface area contributed by atoms with Crippen LogP contribution >= 0.6 is 0 Å². The Morgan fingerprint density at radius 3 is 2.22 bits per heavy atom. The number of rotatable bonds is 6. The molecule has 0 radical (unpaired) electrons. The summed E-state index contributed by atoms with van der Waals surface area (Å²) in [5, 5.41) is 11.8. The molecule has 7 rings (SSSR count). The fourth-order valence-electron chi connectivity index (χ4n) is 13.2. The Balaban J connectivity index is 0.000000959. The van der Waals surface area contributed by atoms with Crippen molar-refractivity contribution >= 4 is 22.3 Å². The molecule has 0 aromatic heterocycles. The van der Waals surface area contributed by atoms with Gasteiger partial charge in [0.2, 0.25) is 0 Å². The highest BCUT2D eigenvalue weighted by Crippen LogP contribution is 2.76. The summed E-state index contributed by atoms with van der Waals surface area (Å²) in [5.74, 6) is 4.49. The first-order valence-corrected chi connectivity index (χ1v) is 22.1. The third-order valence-electron chi connectivity index (χ3n) is 15.7. The van der Waals surface area contributed by atoms with E-state index in [0.29, 0.717) is 33.3 Å². The van der Waals surface area contributed by atoms with Crippen molar-refractivity contribution in [3.05, 3.63) is 41.5 Å². The van der Waals surface area contributed by atoms with Gasteiger partial charge < -0.3 is 20.1 Å². The first-order valence-electron chi connectivity index (χ1n) is 20.6. The summed E-state index contributed by atoms with van der Waals surface area (Å²) in [6, 6.07) is 8.15. The Morgan fingerprint density at radius 1 is 0.902 bits per heavy atom. The van der Waals surface area contributed by atoms with Crippen LogP contribution in [0.25, 0.3) is 5.57 Å². The van der Waals surface area contributed by atoms with Crippen molar-refractivity contribution in [2.45, 2.75) is 125 Å². The van der Waals surface area contributed by atoms with Crippen molar-refractivity contribution in [1.29, 1.82) is 0 Å². The van der Waals surface area contributed by atoms with E-state index in [1.807, 2.05) is 26.0 Å². The SMILES string of the molecule is CC.CCO.COC(=O)c1ccc(C2=CCC3(C)C(CCC4(C)C3CCC3[C@H]5CCCC5(NCCN5CCS(=O)CC5)CC[C@]34C)C2(C)C)cc1. The van der Waals surface area contributed by atoms with Crippen molar-refractivity contribution in [1.82, 2.24) is 10.2 Å². The van der Waals surface area contributed by atoms with Crippen LogP contribution in [-0.2, 0) is 15.5 Å². The lowest BCUT2D eigenvalue weighted by Gasteiger charge is -2.72. The molecule has 6 nitrogen and oxygen atoms in total. The molecule has 5 fully saturated rings. The quantitative estimate of drug-likeness (QED) is 0.286. The molecule has 288 valence electrons. The van der Waals surface area contributed by atoms with E-state index in [2.05, 4.69) is 63.0 Å². The first-order chi connectivity index (χ1) is 24.3. The van der Waals surface area contributed by atoms with E-state index in [0.717, 1.165) is 61.9 Å². The molecule has 7 heteroatoms. The standard InChI is InChI=1S/C40H60N2O3S.C2H6O.C2H6/c1-36(2)30(28-9-11-29(12-10-28)35(43)45-6)15-18-37(3)33(36)16-19-39(5)34(37)14-13-31-32-8-7-17-40(32,21-20-38(31,39)4)41-22-23-42-24-26-46(44)27-25-42;1-2-3;1-2/h9-12,15,31-34,41H,7-8,13-14,16-27H2,1-6H3;3H,2H2,1H3;1-2H3/t31?,32-,33?,34?,37?,38-,39?,40?;;/m1../s1. The van der Waals surface area contributed by atoms with Crippen molar-refractivity contribution in [2.75, 3.05) is 51.4 Å². The van der Waals surface area contributed by atoms with E-state index in [9.17, 15) is 9.00 Å². The molecule has 0 spiro atoms. The van der Waals surface area contributed by atoms with Gasteiger partial charge in [-0.2, -0.15) is 0 Å². The molecular formula is C44H72N2O4S. The van der Waals surface area contributed by atoms with Gasteiger partial charge in [0, 0.05) is 60.6 Å². The number of aliphatic hydroxyl groups is 1. The smallest absolute Gasteiger partial charge is 0.337 e. The number of esters is 1. The molecule has 6 aliphatic rings. The summed E-state index contributed by atoms with van der Waals surface area (Å²) in [7, 11) is 0.855. The number of nitrogens with zero attached hydrogens (tertiary/aromatic N) is 1. The Morgan fingerprint density at radius 2 is 1.57 bits per heavy atom. The van der Waals surface area contributed by atoms with E-state index in [4.69, 9.17) is 9.84 Å². The third-order valence-corrected chi connectivity index (χ3v) is 17.0. The summed E-state index contributed by atoms with van der Waals surface area (Å²) in [6.07, 6.45) is 16.1. The molecule has 0 bridgehead atoms. The number of allylic oxidation sites excluding steroid dienone is 2. The van der Waals surface area contributed by atoms with Gasteiger partial charge in [0.15, 0.2) is 0 Å². The number of aliphatic hydroxyl groups excluding tert-OH is 1. The van der Waals surface area contributed by atoms with Crippen LogP contribution < -0.4 is 5.32 Å². The largest absolute Gasteiger partial charge is 0.465 e. The topological polar surface area (TPSA) is 78.9 Å². The average molecular weight is 725 g/mol. The lowest BCUT2D eigenvalue weighted by molar-refractivity contribution is -0.217. The minimum Gasteiger partial charge on any atom is -0.465 e. The minimum absolute atomic E-state index is 0.0827. The highest BCUT2D eigenvalue weighted by molar-refractivity contribution is 7.85. The Bertz CT molecular complexity index is 1400. The fourth-order valence-corrected chi connectivity index (χ4v) is 14.4.